The van der Waals surface area contributed by atoms with Crippen molar-refractivity contribution in [2.24, 2.45) is 0 Å². The number of methoxy groups -OCH3 is 2. The SMILES string of the molecule is COc1ccc(-c2noc(CNC3CCCCCCCCCCC3)n2)cc1OC. The van der Waals surface area contributed by atoms with Gasteiger partial charge in [0.25, 0.3) is 0 Å². The van der Waals surface area contributed by atoms with E-state index in [0.29, 0.717) is 35.8 Å². The van der Waals surface area contributed by atoms with Crippen LogP contribution in [0.3, 0.4) is 0 Å². The lowest BCUT2D eigenvalue weighted by atomic mass is 9.98. The van der Waals surface area contributed by atoms with Crippen molar-refractivity contribution >= 4 is 0 Å². The Bertz CT molecular complexity index is 720. The molecule has 1 fully saturated rings. The van der Waals surface area contributed by atoms with Gasteiger partial charge in [-0.3, -0.25) is 0 Å². The summed E-state index contributed by atoms with van der Waals surface area (Å²) in [5, 5.41) is 7.80. The second-order valence-corrected chi connectivity index (χ2v) is 7.92. The highest BCUT2D eigenvalue weighted by Gasteiger charge is 2.14. The predicted molar refractivity (Wildman–Crippen MR) is 114 cm³/mol. The summed E-state index contributed by atoms with van der Waals surface area (Å²) in [5.74, 6) is 2.54. The van der Waals surface area contributed by atoms with Crippen molar-refractivity contribution in [2.45, 2.75) is 83.2 Å². The summed E-state index contributed by atoms with van der Waals surface area (Å²) in [4.78, 5) is 4.56. The second kappa shape index (κ2) is 11.8. The average Bonchev–Trinajstić information content (AvgIpc) is 3.22. The normalized spacial score (nSPS) is 17.3. The van der Waals surface area contributed by atoms with Crippen LogP contribution in [0.25, 0.3) is 11.4 Å². The van der Waals surface area contributed by atoms with E-state index in [0.717, 1.165) is 5.56 Å². The summed E-state index contributed by atoms with van der Waals surface area (Å²) in [6, 6.07) is 6.17. The topological polar surface area (TPSA) is 69.4 Å². The lowest BCUT2D eigenvalue weighted by Crippen LogP contribution is -2.28. The Balaban J connectivity index is 1.56. The standard InChI is InChI=1S/C23H35N3O3/c1-27-20-15-14-18(16-21(20)28-2)23-25-22(29-26-23)17-24-19-12-10-8-6-4-3-5-7-9-11-13-19/h14-16,19,24H,3-13,17H2,1-2H3. The van der Waals surface area contributed by atoms with Crippen LogP contribution >= 0.6 is 0 Å². The van der Waals surface area contributed by atoms with Gasteiger partial charge in [0.2, 0.25) is 11.7 Å². The lowest BCUT2D eigenvalue weighted by Gasteiger charge is -2.18. The lowest BCUT2D eigenvalue weighted by molar-refractivity contribution is 0.340. The largest absolute Gasteiger partial charge is 0.493 e. The highest BCUT2D eigenvalue weighted by molar-refractivity contribution is 5.60. The molecule has 0 radical (unpaired) electrons. The molecule has 1 aliphatic rings. The van der Waals surface area contributed by atoms with Crippen molar-refractivity contribution in [3.05, 3.63) is 24.1 Å². The van der Waals surface area contributed by atoms with Gasteiger partial charge in [0.05, 0.1) is 20.8 Å². The number of hydrogen-bond donors (Lipinski definition) is 1. The molecular weight excluding hydrogens is 366 g/mol. The van der Waals surface area contributed by atoms with E-state index in [1.54, 1.807) is 14.2 Å². The van der Waals surface area contributed by atoms with Gasteiger partial charge in [-0.15, -0.1) is 0 Å². The predicted octanol–water partition coefficient (Wildman–Crippen LogP) is 5.52. The molecule has 3 rings (SSSR count). The maximum Gasteiger partial charge on any atom is 0.240 e. The number of ether oxygens (including phenoxy) is 2. The smallest absolute Gasteiger partial charge is 0.240 e. The Morgan fingerprint density at radius 2 is 1.52 bits per heavy atom. The highest BCUT2D eigenvalue weighted by atomic mass is 16.5. The minimum absolute atomic E-state index is 0.533. The molecule has 0 saturated heterocycles. The second-order valence-electron chi connectivity index (χ2n) is 7.92. The van der Waals surface area contributed by atoms with Gasteiger partial charge in [0, 0.05) is 11.6 Å². The Morgan fingerprint density at radius 3 is 2.14 bits per heavy atom. The molecule has 29 heavy (non-hydrogen) atoms. The summed E-state index contributed by atoms with van der Waals surface area (Å²) >= 11 is 0. The monoisotopic (exact) mass is 401 g/mol. The first-order chi connectivity index (χ1) is 14.3. The number of nitrogens with zero attached hydrogens (tertiary/aromatic N) is 2. The van der Waals surface area contributed by atoms with E-state index in [2.05, 4.69) is 15.5 Å². The molecule has 1 heterocycles. The molecule has 6 nitrogen and oxygen atoms in total. The van der Waals surface area contributed by atoms with Gasteiger partial charge in [-0.25, -0.2) is 0 Å². The summed E-state index contributed by atoms with van der Waals surface area (Å²) in [6.45, 7) is 0.616. The molecule has 1 aromatic carbocycles. The number of aromatic nitrogens is 2. The van der Waals surface area contributed by atoms with Gasteiger partial charge in [-0.2, -0.15) is 4.98 Å². The van der Waals surface area contributed by atoms with E-state index in [4.69, 9.17) is 14.0 Å². The van der Waals surface area contributed by atoms with Crippen LogP contribution in [0.5, 0.6) is 11.5 Å². The number of nitrogens with one attached hydrogen (secondary N) is 1. The third kappa shape index (κ3) is 6.74. The van der Waals surface area contributed by atoms with Crippen LogP contribution in [-0.2, 0) is 6.54 Å². The van der Waals surface area contributed by atoms with Crippen molar-refractivity contribution in [3.63, 3.8) is 0 Å². The Morgan fingerprint density at radius 1 is 0.897 bits per heavy atom. The fourth-order valence-corrected chi connectivity index (χ4v) is 4.02. The molecule has 6 heteroatoms. The van der Waals surface area contributed by atoms with Crippen LogP contribution in [0.1, 0.15) is 76.5 Å². The van der Waals surface area contributed by atoms with Gasteiger partial charge in [0.15, 0.2) is 11.5 Å². The zero-order valence-electron chi connectivity index (χ0n) is 17.9. The van der Waals surface area contributed by atoms with Crippen LogP contribution in [0, 0.1) is 0 Å². The molecule has 1 aliphatic carbocycles. The molecular formula is C23H35N3O3. The summed E-state index contributed by atoms with van der Waals surface area (Å²) in [7, 11) is 3.24. The molecule has 0 amide bonds. The van der Waals surface area contributed by atoms with Crippen LogP contribution in [0.15, 0.2) is 22.7 Å². The van der Waals surface area contributed by atoms with Gasteiger partial charge >= 0.3 is 0 Å². The number of benzene rings is 1. The summed E-state index contributed by atoms with van der Waals surface area (Å²) < 4.78 is 16.1. The summed E-state index contributed by atoms with van der Waals surface area (Å²) in [6.07, 6.45) is 14.8. The number of hydrogen-bond acceptors (Lipinski definition) is 6. The molecule has 0 bridgehead atoms. The van der Waals surface area contributed by atoms with Gasteiger partial charge < -0.3 is 19.3 Å². The third-order valence-electron chi connectivity index (χ3n) is 5.76. The minimum atomic E-state index is 0.533. The zero-order valence-corrected chi connectivity index (χ0v) is 17.9. The highest BCUT2D eigenvalue weighted by Crippen LogP contribution is 2.31. The molecule has 0 unspecified atom stereocenters. The molecule has 2 aromatic rings. The molecule has 0 atom stereocenters. The van der Waals surface area contributed by atoms with Crippen molar-refractivity contribution in [1.29, 1.82) is 0 Å². The molecule has 0 aliphatic heterocycles. The quantitative estimate of drug-likeness (QED) is 0.687. The van der Waals surface area contributed by atoms with Gasteiger partial charge in [0.1, 0.15) is 0 Å². The van der Waals surface area contributed by atoms with Crippen molar-refractivity contribution in [1.82, 2.24) is 15.5 Å². The van der Waals surface area contributed by atoms with E-state index >= 15 is 0 Å². The van der Waals surface area contributed by atoms with E-state index in [-0.39, 0.29) is 0 Å². The van der Waals surface area contributed by atoms with E-state index in [9.17, 15) is 0 Å². The van der Waals surface area contributed by atoms with Crippen molar-refractivity contribution < 1.29 is 14.0 Å². The van der Waals surface area contributed by atoms with Crippen LogP contribution in [0.2, 0.25) is 0 Å². The first-order valence-electron chi connectivity index (χ1n) is 11.1. The first-order valence-corrected chi connectivity index (χ1v) is 11.1. The van der Waals surface area contributed by atoms with E-state index < -0.39 is 0 Å². The van der Waals surface area contributed by atoms with Gasteiger partial charge in [-0.1, -0.05) is 62.9 Å². The van der Waals surface area contributed by atoms with Crippen molar-refractivity contribution in [3.8, 4) is 22.9 Å². The van der Waals surface area contributed by atoms with E-state index in [1.807, 2.05) is 18.2 Å². The average molecular weight is 402 g/mol. The maximum atomic E-state index is 5.48. The zero-order chi connectivity index (χ0) is 20.3. The number of rotatable bonds is 6. The van der Waals surface area contributed by atoms with Crippen LogP contribution < -0.4 is 14.8 Å². The molecule has 1 N–H and O–H groups in total. The van der Waals surface area contributed by atoms with Gasteiger partial charge in [-0.05, 0) is 31.0 Å². The Labute approximate surface area is 174 Å². The van der Waals surface area contributed by atoms with Crippen molar-refractivity contribution in [2.75, 3.05) is 14.2 Å². The minimum Gasteiger partial charge on any atom is -0.493 e. The first kappa shape index (κ1) is 21.6. The Hall–Kier alpha value is -2.08. The fourth-order valence-electron chi connectivity index (χ4n) is 4.02. The van der Waals surface area contributed by atoms with Crippen LogP contribution in [-0.4, -0.2) is 30.4 Å². The molecule has 0 spiro atoms. The van der Waals surface area contributed by atoms with E-state index in [1.165, 1.54) is 70.6 Å². The molecule has 1 saturated carbocycles. The molecule has 1 aromatic heterocycles. The Kier molecular flexibility index (Phi) is 8.81. The third-order valence-corrected chi connectivity index (χ3v) is 5.76. The van der Waals surface area contributed by atoms with Crippen LogP contribution in [0.4, 0.5) is 0 Å². The maximum absolute atomic E-state index is 5.48. The summed E-state index contributed by atoms with van der Waals surface area (Å²) in [5.41, 5.74) is 0.851. The molecule has 160 valence electrons. The fraction of sp³-hybridized carbons (Fsp3) is 0.652.